The van der Waals surface area contributed by atoms with Crippen LogP contribution in [0.15, 0.2) is 0 Å². The molecule has 17 heavy (non-hydrogen) atoms. The van der Waals surface area contributed by atoms with Crippen LogP contribution in [0.4, 0.5) is 0 Å². The predicted octanol–water partition coefficient (Wildman–Crippen LogP) is 3.20. The van der Waals surface area contributed by atoms with Crippen LogP contribution in [0.5, 0.6) is 0 Å². The molecule has 98 valence electrons. The quantitative estimate of drug-likeness (QED) is 0.806. The molecule has 0 aromatic heterocycles. The number of alkyl halides is 1. The van der Waals surface area contributed by atoms with E-state index >= 15 is 0 Å². The zero-order valence-electron chi connectivity index (χ0n) is 10.3. The fourth-order valence-corrected chi connectivity index (χ4v) is 4.74. The first-order chi connectivity index (χ1) is 8.24. The minimum absolute atomic E-state index is 0.278. The summed E-state index contributed by atoms with van der Waals surface area (Å²) in [4.78, 5) is 12.5. The van der Waals surface area contributed by atoms with Crippen LogP contribution in [0.3, 0.4) is 0 Å². The number of hydrogen-bond donors (Lipinski definition) is 1. The largest absolute Gasteiger partial charge is 0.356 e. The fraction of sp³-hybridized carbons (Fsp3) is 0.923. The Morgan fingerprint density at radius 1 is 1.18 bits per heavy atom. The van der Waals surface area contributed by atoms with Crippen LogP contribution < -0.4 is 5.32 Å². The zero-order chi connectivity index (χ0) is 12.1. The minimum Gasteiger partial charge on any atom is -0.356 e. The van der Waals surface area contributed by atoms with Crippen LogP contribution >= 0.6 is 27.7 Å². The number of amides is 1. The van der Waals surface area contributed by atoms with Crippen molar-refractivity contribution in [1.82, 2.24) is 5.32 Å². The van der Waals surface area contributed by atoms with E-state index < -0.39 is 0 Å². The number of halogens is 1. The maximum Gasteiger partial charge on any atom is 0.220 e. The van der Waals surface area contributed by atoms with Crippen molar-refractivity contribution in [3.8, 4) is 0 Å². The second kappa shape index (κ2) is 7.03. The first-order valence-corrected chi connectivity index (χ1v) is 8.79. The van der Waals surface area contributed by atoms with Crippen LogP contribution in [0.1, 0.15) is 38.5 Å². The summed E-state index contributed by atoms with van der Waals surface area (Å²) >= 11 is 5.67. The van der Waals surface area contributed by atoms with Gasteiger partial charge in [0.15, 0.2) is 0 Å². The van der Waals surface area contributed by atoms with Crippen molar-refractivity contribution in [2.45, 2.75) is 43.4 Å². The van der Waals surface area contributed by atoms with Gasteiger partial charge >= 0.3 is 0 Å². The molecule has 1 amide bonds. The van der Waals surface area contributed by atoms with Crippen molar-refractivity contribution in [2.24, 2.45) is 11.8 Å². The standard InChI is InChI=1S/C13H22BrNOS/c14-12-2-1-11(7-12)9-15-13(16)8-10-3-5-17-6-4-10/h10-12H,1-9H2,(H,15,16). The molecule has 1 saturated carbocycles. The summed E-state index contributed by atoms with van der Waals surface area (Å²) in [5, 5.41) is 3.13. The molecule has 4 heteroatoms. The summed E-state index contributed by atoms with van der Waals surface area (Å²) in [6, 6.07) is 0. The molecule has 2 nitrogen and oxygen atoms in total. The average molecular weight is 320 g/mol. The van der Waals surface area contributed by atoms with E-state index in [-0.39, 0.29) is 5.91 Å². The van der Waals surface area contributed by atoms with Gasteiger partial charge < -0.3 is 5.32 Å². The molecule has 0 spiro atoms. The van der Waals surface area contributed by atoms with Gasteiger partial charge in [-0.3, -0.25) is 4.79 Å². The Hall–Kier alpha value is 0.300. The summed E-state index contributed by atoms with van der Waals surface area (Å²) in [5.74, 6) is 4.10. The maximum absolute atomic E-state index is 11.8. The topological polar surface area (TPSA) is 29.1 Å². The van der Waals surface area contributed by atoms with E-state index in [4.69, 9.17) is 0 Å². The predicted molar refractivity (Wildman–Crippen MR) is 77.7 cm³/mol. The lowest BCUT2D eigenvalue weighted by molar-refractivity contribution is -0.122. The van der Waals surface area contributed by atoms with Gasteiger partial charge in [-0.25, -0.2) is 0 Å². The summed E-state index contributed by atoms with van der Waals surface area (Å²) in [5.41, 5.74) is 0. The Kier molecular flexibility index (Phi) is 5.67. The Bertz CT molecular complexity index is 256. The van der Waals surface area contributed by atoms with Gasteiger partial charge in [-0.05, 0) is 55.4 Å². The van der Waals surface area contributed by atoms with Crippen LogP contribution in [-0.4, -0.2) is 28.8 Å². The maximum atomic E-state index is 11.8. The van der Waals surface area contributed by atoms with Crippen molar-refractivity contribution in [3.63, 3.8) is 0 Å². The molecule has 1 aliphatic heterocycles. The highest BCUT2D eigenvalue weighted by molar-refractivity contribution is 9.09. The molecule has 0 aromatic rings. The molecule has 1 N–H and O–H groups in total. The van der Waals surface area contributed by atoms with E-state index in [1.54, 1.807) is 0 Å². The highest BCUT2D eigenvalue weighted by Crippen LogP contribution is 2.30. The smallest absolute Gasteiger partial charge is 0.220 e. The molecule has 0 aromatic carbocycles. The third-order valence-electron chi connectivity index (χ3n) is 3.88. The molecule has 2 rings (SSSR count). The van der Waals surface area contributed by atoms with Crippen molar-refractivity contribution in [3.05, 3.63) is 0 Å². The fourth-order valence-electron chi connectivity index (χ4n) is 2.74. The Morgan fingerprint density at radius 3 is 2.59 bits per heavy atom. The third kappa shape index (κ3) is 4.82. The van der Waals surface area contributed by atoms with E-state index in [0.29, 0.717) is 16.7 Å². The van der Waals surface area contributed by atoms with Crippen LogP contribution in [0.2, 0.25) is 0 Å². The zero-order valence-corrected chi connectivity index (χ0v) is 12.7. The monoisotopic (exact) mass is 319 g/mol. The van der Waals surface area contributed by atoms with E-state index in [9.17, 15) is 4.79 Å². The van der Waals surface area contributed by atoms with E-state index in [2.05, 4.69) is 21.2 Å². The van der Waals surface area contributed by atoms with E-state index in [1.807, 2.05) is 11.8 Å². The van der Waals surface area contributed by atoms with Gasteiger partial charge in [0.2, 0.25) is 5.91 Å². The second-order valence-corrected chi connectivity index (χ2v) is 7.86. The molecule has 1 aliphatic carbocycles. The van der Waals surface area contributed by atoms with Gasteiger partial charge in [0.1, 0.15) is 0 Å². The molecule has 2 unspecified atom stereocenters. The molecule has 0 radical (unpaired) electrons. The summed E-state index contributed by atoms with van der Waals surface area (Å²) in [6.07, 6.45) is 6.96. The highest BCUT2D eigenvalue weighted by atomic mass is 79.9. The van der Waals surface area contributed by atoms with Crippen molar-refractivity contribution < 1.29 is 4.79 Å². The summed E-state index contributed by atoms with van der Waals surface area (Å²) in [7, 11) is 0. The van der Waals surface area contributed by atoms with Crippen LogP contribution in [-0.2, 0) is 4.79 Å². The van der Waals surface area contributed by atoms with Gasteiger partial charge in [-0.1, -0.05) is 15.9 Å². The SMILES string of the molecule is O=C(CC1CCSCC1)NCC1CCC(Br)C1. The first kappa shape index (κ1) is 13.7. The molecule has 1 heterocycles. The van der Waals surface area contributed by atoms with Crippen molar-refractivity contribution >= 4 is 33.6 Å². The van der Waals surface area contributed by atoms with Crippen molar-refractivity contribution in [1.29, 1.82) is 0 Å². The Morgan fingerprint density at radius 2 is 1.94 bits per heavy atom. The molecule has 0 bridgehead atoms. The number of rotatable bonds is 4. The molecular formula is C13H22BrNOS. The lowest BCUT2D eigenvalue weighted by Crippen LogP contribution is -2.30. The number of hydrogen-bond acceptors (Lipinski definition) is 2. The van der Waals surface area contributed by atoms with Gasteiger partial charge in [0.05, 0.1) is 0 Å². The van der Waals surface area contributed by atoms with Crippen molar-refractivity contribution in [2.75, 3.05) is 18.1 Å². The second-order valence-electron chi connectivity index (χ2n) is 5.34. The Labute approximate surface area is 117 Å². The molecule has 2 fully saturated rings. The lowest BCUT2D eigenvalue weighted by Gasteiger charge is -2.21. The summed E-state index contributed by atoms with van der Waals surface area (Å²) in [6.45, 7) is 0.891. The average Bonchev–Trinajstić information content (AvgIpc) is 2.74. The molecular weight excluding hydrogens is 298 g/mol. The van der Waals surface area contributed by atoms with Gasteiger partial charge in [0.25, 0.3) is 0 Å². The first-order valence-electron chi connectivity index (χ1n) is 6.72. The number of carbonyl (C=O) groups excluding carboxylic acids is 1. The van der Waals surface area contributed by atoms with Crippen LogP contribution in [0, 0.1) is 11.8 Å². The highest BCUT2D eigenvalue weighted by Gasteiger charge is 2.23. The van der Waals surface area contributed by atoms with Gasteiger partial charge in [0, 0.05) is 17.8 Å². The van der Waals surface area contributed by atoms with Gasteiger partial charge in [-0.15, -0.1) is 0 Å². The third-order valence-corrected chi connectivity index (χ3v) is 5.76. The molecule has 1 saturated heterocycles. The van der Waals surface area contributed by atoms with Crippen LogP contribution in [0.25, 0.3) is 0 Å². The molecule has 2 atom stereocenters. The van der Waals surface area contributed by atoms with E-state index in [1.165, 1.54) is 43.6 Å². The minimum atomic E-state index is 0.278. The normalized spacial score (nSPS) is 30.4. The molecule has 2 aliphatic rings. The van der Waals surface area contributed by atoms with E-state index in [0.717, 1.165) is 13.0 Å². The number of carbonyl (C=O) groups is 1. The lowest BCUT2D eigenvalue weighted by atomic mass is 9.98. The number of thioether (sulfide) groups is 1. The summed E-state index contributed by atoms with van der Waals surface area (Å²) < 4.78 is 0. The Balaban J connectivity index is 1.60. The van der Waals surface area contributed by atoms with Gasteiger partial charge in [-0.2, -0.15) is 11.8 Å². The number of nitrogens with one attached hydrogen (secondary N) is 1.